The number of ether oxygens (including phenoxy) is 3. The van der Waals surface area contributed by atoms with Crippen LogP contribution in [-0.2, 0) is 6.54 Å². The first kappa shape index (κ1) is 21.4. The lowest BCUT2D eigenvalue weighted by molar-refractivity contribution is 0.0711. The molecule has 170 valence electrons. The monoisotopic (exact) mass is 443 g/mol. The lowest BCUT2D eigenvalue weighted by atomic mass is 9.99. The third kappa shape index (κ3) is 4.54. The Balaban J connectivity index is 1.47. The maximum atomic E-state index is 13.9. The quantitative estimate of drug-likeness (QED) is 0.455. The molecule has 3 aromatic rings. The van der Waals surface area contributed by atoms with Gasteiger partial charge in [0.05, 0.1) is 12.7 Å². The van der Waals surface area contributed by atoms with E-state index in [4.69, 9.17) is 14.2 Å². The zero-order valence-corrected chi connectivity index (χ0v) is 19.0. The Morgan fingerprint density at radius 1 is 0.970 bits per heavy atom. The first-order valence-corrected chi connectivity index (χ1v) is 11.6. The van der Waals surface area contributed by atoms with Gasteiger partial charge in [0, 0.05) is 18.7 Å². The van der Waals surface area contributed by atoms with Crippen LogP contribution in [0.25, 0.3) is 11.1 Å². The number of rotatable bonds is 7. The summed E-state index contributed by atoms with van der Waals surface area (Å²) in [5.41, 5.74) is 3.58. The van der Waals surface area contributed by atoms with Gasteiger partial charge in [-0.25, -0.2) is 0 Å². The van der Waals surface area contributed by atoms with E-state index in [1.807, 2.05) is 71.6 Å². The SMILES string of the molecule is COc1c(C(=O)N(Cc2ccc3c(c2)OCO3)CC2CCCC2)cccc1-c1ccccc1. The molecule has 0 saturated heterocycles. The highest BCUT2D eigenvalue weighted by atomic mass is 16.7. The van der Waals surface area contributed by atoms with E-state index in [0.29, 0.717) is 23.8 Å². The Labute approximate surface area is 194 Å². The molecule has 0 atom stereocenters. The molecular formula is C28H29NO4. The number of fused-ring (bicyclic) bond motifs is 1. The molecule has 0 bridgehead atoms. The number of hydrogen-bond donors (Lipinski definition) is 0. The second-order valence-corrected chi connectivity index (χ2v) is 8.78. The van der Waals surface area contributed by atoms with Crippen LogP contribution in [0, 0.1) is 5.92 Å². The van der Waals surface area contributed by atoms with E-state index >= 15 is 0 Å². The molecule has 5 rings (SSSR count). The minimum atomic E-state index is -0.00537. The summed E-state index contributed by atoms with van der Waals surface area (Å²) in [5, 5.41) is 0. The second kappa shape index (κ2) is 9.57. The fourth-order valence-electron chi connectivity index (χ4n) is 4.92. The molecule has 2 aliphatic rings. The number of hydrogen-bond acceptors (Lipinski definition) is 4. The van der Waals surface area contributed by atoms with E-state index in [-0.39, 0.29) is 12.7 Å². The zero-order valence-electron chi connectivity index (χ0n) is 19.0. The Morgan fingerprint density at radius 3 is 2.55 bits per heavy atom. The van der Waals surface area contributed by atoms with Crippen LogP contribution in [0.4, 0.5) is 0 Å². The highest BCUT2D eigenvalue weighted by Gasteiger charge is 2.26. The van der Waals surface area contributed by atoms with Crippen molar-refractivity contribution in [2.75, 3.05) is 20.4 Å². The van der Waals surface area contributed by atoms with Gasteiger partial charge in [-0.15, -0.1) is 0 Å². The summed E-state index contributed by atoms with van der Waals surface area (Å²) in [4.78, 5) is 15.9. The van der Waals surface area contributed by atoms with Crippen LogP contribution < -0.4 is 14.2 Å². The number of carbonyl (C=O) groups excluding carboxylic acids is 1. The van der Waals surface area contributed by atoms with E-state index < -0.39 is 0 Å². The maximum absolute atomic E-state index is 13.9. The van der Waals surface area contributed by atoms with Crippen molar-refractivity contribution >= 4 is 5.91 Å². The minimum Gasteiger partial charge on any atom is -0.495 e. The molecule has 1 fully saturated rings. The molecule has 1 aliphatic heterocycles. The molecule has 1 saturated carbocycles. The molecule has 0 aromatic heterocycles. The molecule has 1 amide bonds. The summed E-state index contributed by atoms with van der Waals surface area (Å²) in [6.45, 7) is 1.50. The normalized spacial score (nSPS) is 14.9. The number of benzene rings is 3. The van der Waals surface area contributed by atoms with Crippen LogP contribution in [-0.4, -0.2) is 31.3 Å². The average molecular weight is 444 g/mol. The van der Waals surface area contributed by atoms with Gasteiger partial charge in [0.15, 0.2) is 11.5 Å². The van der Waals surface area contributed by atoms with Crippen molar-refractivity contribution in [3.63, 3.8) is 0 Å². The van der Waals surface area contributed by atoms with Crippen molar-refractivity contribution in [2.24, 2.45) is 5.92 Å². The molecule has 3 aromatic carbocycles. The third-order valence-electron chi connectivity index (χ3n) is 6.59. The van der Waals surface area contributed by atoms with E-state index in [1.165, 1.54) is 25.7 Å². The van der Waals surface area contributed by atoms with Gasteiger partial charge in [-0.05, 0) is 48.1 Å². The van der Waals surface area contributed by atoms with Crippen LogP contribution in [0.15, 0.2) is 66.7 Å². The maximum Gasteiger partial charge on any atom is 0.257 e. The van der Waals surface area contributed by atoms with Gasteiger partial charge in [-0.1, -0.05) is 61.4 Å². The van der Waals surface area contributed by atoms with Gasteiger partial charge in [-0.2, -0.15) is 0 Å². The predicted molar refractivity (Wildman–Crippen MR) is 128 cm³/mol. The van der Waals surface area contributed by atoms with Crippen molar-refractivity contribution < 1.29 is 19.0 Å². The average Bonchev–Trinajstić information content (AvgIpc) is 3.55. The van der Waals surface area contributed by atoms with Gasteiger partial charge in [-0.3, -0.25) is 4.79 Å². The number of para-hydroxylation sites is 1. The highest BCUT2D eigenvalue weighted by Crippen LogP contribution is 2.36. The van der Waals surface area contributed by atoms with Crippen molar-refractivity contribution in [3.05, 3.63) is 77.9 Å². The second-order valence-electron chi connectivity index (χ2n) is 8.78. The molecule has 5 heteroatoms. The third-order valence-corrected chi connectivity index (χ3v) is 6.59. The first-order valence-electron chi connectivity index (χ1n) is 11.6. The lowest BCUT2D eigenvalue weighted by Crippen LogP contribution is -2.34. The molecule has 0 N–H and O–H groups in total. The lowest BCUT2D eigenvalue weighted by Gasteiger charge is -2.27. The summed E-state index contributed by atoms with van der Waals surface area (Å²) >= 11 is 0. The van der Waals surface area contributed by atoms with Crippen LogP contribution >= 0.6 is 0 Å². The molecule has 0 unspecified atom stereocenters. The predicted octanol–water partition coefficient (Wildman–Crippen LogP) is 5.92. The van der Waals surface area contributed by atoms with Gasteiger partial charge in [0.1, 0.15) is 5.75 Å². The van der Waals surface area contributed by atoms with Crippen LogP contribution in [0.3, 0.4) is 0 Å². The fraction of sp³-hybridized carbons (Fsp3) is 0.321. The van der Waals surface area contributed by atoms with Crippen LogP contribution in [0.1, 0.15) is 41.6 Å². The van der Waals surface area contributed by atoms with E-state index in [2.05, 4.69) is 0 Å². The zero-order chi connectivity index (χ0) is 22.6. The number of carbonyl (C=O) groups is 1. The Morgan fingerprint density at radius 2 is 1.76 bits per heavy atom. The summed E-state index contributed by atoms with van der Waals surface area (Å²) in [6, 6.07) is 21.8. The van der Waals surface area contributed by atoms with Crippen molar-refractivity contribution in [3.8, 4) is 28.4 Å². The highest BCUT2D eigenvalue weighted by molar-refractivity contribution is 5.99. The smallest absolute Gasteiger partial charge is 0.257 e. The van der Waals surface area contributed by atoms with E-state index in [1.54, 1.807) is 7.11 Å². The molecule has 5 nitrogen and oxygen atoms in total. The summed E-state index contributed by atoms with van der Waals surface area (Å²) in [7, 11) is 1.64. The summed E-state index contributed by atoms with van der Waals surface area (Å²) < 4.78 is 16.8. The molecular weight excluding hydrogens is 414 g/mol. The van der Waals surface area contributed by atoms with E-state index in [0.717, 1.165) is 34.7 Å². The topological polar surface area (TPSA) is 48.0 Å². The van der Waals surface area contributed by atoms with E-state index in [9.17, 15) is 4.79 Å². The van der Waals surface area contributed by atoms with Gasteiger partial charge >= 0.3 is 0 Å². The summed E-state index contributed by atoms with van der Waals surface area (Å²) in [5.74, 6) is 2.64. The molecule has 0 spiro atoms. The largest absolute Gasteiger partial charge is 0.495 e. The van der Waals surface area contributed by atoms with Crippen LogP contribution in [0.2, 0.25) is 0 Å². The van der Waals surface area contributed by atoms with Crippen molar-refractivity contribution in [1.29, 1.82) is 0 Å². The van der Waals surface area contributed by atoms with Crippen molar-refractivity contribution in [2.45, 2.75) is 32.2 Å². The minimum absolute atomic E-state index is 0.00537. The Hall–Kier alpha value is -3.47. The van der Waals surface area contributed by atoms with Gasteiger partial charge in [0.25, 0.3) is 5.91 Å². The van der Waals surface area contributed by atoms with Gasteiger partial charge < -0.3 is 19.1 Å². The van der Waals surface area contributed by atoms with Crippen LogP contribution in [0.5, 0.6) is 17.2 Å². The standard InChI is InChI=1S/C28H29NO4/c1-31-27-23(22-10-3-2-4-11-22)12-7-13-24(27)28(30)29(17-20-8-5-6-9-20)18-21-14-15-25-26(16-21)33-19-32-25/h2-4,7,10-16,20H,5-6,8-9,17-19H2,1H3. The molecule has 1 aliphatic carbocycles. The number of amides is 1. The Kier molecular flexibility index (Phi) is 6.20. The Bertz CT molecular complexity index is 1120. The number of methoxy groups -OCH3 is 1. The van der Waals surface area contributed by atoms with Crippen molar-refractivity contribution in [1.82, 2.24) is 4.90 Å². The summed E-state index contributed by atoms with van der Waals surface area (Å²) in [6.07, 6.45) is 4.82. The van der Waals surface area contributed by atoms with Gasteiger partial charge in [0.2, 0.25) is 6.79 Å². The molecule has 0 radical (unpaired) electrons. The fourth-order valence-corrected chi connectivity index (χ4v) is 4.92. The molecule has 1 heterocycles. The first-order chi connectivity index (χ1) is 16.2. The molecule has 33 heavy (non-hydrogen) atoms. The number of nitrogens with zero attached hydrogens (tertiary/aromatic N) is 1.